The summed E-state index contributed by atoms with van der Waals surface area (Å²) in [4.78, 5) is 40.4. The van der Waals surface area contributed by atoms with Gasteiger partial charge in [0.15, 0.2) is 0 Å². The molecule has 3 heterocycles. The van der Waals surface area contributed by atoms with Gasteiger partial charge in [0.1, 0.15) is 0 Å². The zero-order chi connectivity index (χ0) is 35.3. The van der Waals surface area contributed by atoms with Crippen LogP contribution in [-0.2, 0) is 34.0 Å². The highest BCUT2D eigenvalue weighted by molar-refractivity contribution is 6.31. The summed E-state index contributed by atoms with van der Waals surface area (Å²) < 4.78 is 0. The molecule has 3 aromatic carbocycles. The van der Waals surface area contributed by atoms with E-state index in [4.69, 9.17) is 38.5 Å². The minimum absolute atomic E-state index is 0.0742. The Morgan fingerprint density at radius 1 is 0.612 bits per heavy atom. The molecule has 0 saturated carbocycles. The Balaban J connectivity index is 0.000000166. The predicted molar refractivity (Wildman–Crippen MR) is 191 cm³/mol. The van der Waals surface area contributed by atoms with Crippen LogP contribution in [0.2, 0.25) is 10.0 Å². The molecule has 3 aliphatic heterocycles. The van der Waals surface area contributed by atoms with Gasteiger partial charge in [0.2, 0.25) is 17.7 Å². The summed E-state index contributed by atoms with van der Waals surface area (Å²) in [5.41, 5.74) is 4.43. The maximum absolute atomic E-state index is 11.8. The van der Waals surface area contributed by atoms with Crippen molar-refractivity contribution >= 4 is 40.9 Å². The molecule has 0 bridgehead atoms. The molecule has 3 unspecified atom stereocenters. The highest BCUT2D eigenvalue weighted by Gasteiger charge is 2.30. The van der Waals surface area contributed by atoms with Gasteiger partial charge in [-0.05, 0) is 54.2 Å². The van der Waals surface area contributed by atoms with Crippen LogP contribution in [0.5, 0.6) is 0 Å². The Morgan fingerprint density at radius 3 is 1.53 bits per heavy atom. The fourth-order valence-corrected chi connectivity index (χ4v) is 6.52. The van der Waals surface area contributed by atoms with E-state index in [0.29, 0.717) is 67.9 Å². The zero-order valence-electron chi connectivity index (χ0n) is 28.0. The van der Waals surface area contributed by atoms with Gasteiger partial charge in [-0.25, -0.2) is 0 Å². The number of likely N-dealkylation sites (tertiary alicyclic amines) is 3. The summed E-state index contributed by atoms with van der Waals surface area (Å²) in [6.07, 6.45) is 2.23. The smallest absolute Gasteiger partial charge is 0.223 e. The van der Waals surface area contributed by atoms with Gasteiger partial charge in [-0.1, -0.05) is 83.4 Å². The lowest BCUT2D eigenvalue weighted by Gasteiger charge is -2.17. The second-order valence-electron chi connectivity index (χ2n) is 13.1. The van der Waals surface area contributed by atoms with E-state index in [1.165, 1.54) is 11.1 Å². The number of aliphatic hydroxyl groups excluding tert-OH is 3. The molecule has 0 radical (unpaired) electrons. The molecular formula is C38H47Cl2N3O6. The van der Waals surface area contributed by atoms with Crippen LogP contribution in [0.15, 0.2) is 72.8 Å². The second kappa shape index (κ2) is 19.1. The Hall–Kier alpha value is -3.47. The molecule has 3 N–H and O–H groups in total. The van der Waals surface area contributed by atoms with Gasteiger partial charge in [-0.15, -0.1) is 0 Å². The van der Waals surface area contributed by atoms with Crippen molar-refractivity contribution in [3.05, 3.63) is 105 Å². The Bertz CT molecular complexity index is 1520. The molecule has 3 atom stereocenters. The molecule has 0 spiro atoms. The third-order valence-corrected chi connectivity index (χ3v) is 9.66. The lowest BCUT2D eigenvalue weighted by Crippen LogP contribution is -2.25. The third-order valence-electron chi connectivity index (χ3n) is 9.04. The standard InChI is InChI=1S/C14H19NO2.2C12H14ClNO2/c1-11-2-4-12(5-3-11)9-15-10-13(6-7-16)8-14(15)17;13-11-3-1-9(2-4-11)6-14-7-10(8-15)5-12(14)16;13-11-4-2-1-3-10(11)7-14-6-9(8-15)5-12(14)16/h2-5,13,16H,6-10H2,1H3;1-4,10,15H,5-8H2;1-4,9,15H,5-8H2. The number of aryl methyl sites for hydroxylation is 1. The van der Waals surface area contributed by atoms with Crippen LogP contribution in [0, 0.1) is 24.7 Å². The van der Waals surface area contributed by atoms with E-state index in [-0.39, 0.29) is 49.4 Å². The number of hydrogen-bond acceptors (Lipinski definition) is 6. The van der Waals surface area contributed by atoms with E-state index >= 15 is 0 Å². The maximum Gasteiger partial charge on any atom is 0.223 e. The van der Waals surface area contributed by atoms with Gasteiger partial charge in [-0.2, -0.15) is 0 Å². The summed E-state index contributed by atoms with van der Waals surface area (Å²) >= 11 is 11.8. The number of nitrogens with zero attached hydrogens (tertiary/aromatic N) is 3. The molecular weight excluding hydrogens is 665 g/mol. The first-order valence-electron chi connectivity index (χ1n) is 16.8. The van der Waals surface area contributed by atoms with E-state index < -0.39 is 0 Å². The minimum atomic E-state index is 0.0742. The van der Waals surface area contributed by atoms with Crippen molar-refractivity contribution in [2.75, 3.05) is 39.5 Å². The largest absolute Gasteiger partial charge is 0.396 e. The average Bonchev–Trinajstić information content (AvgIpc) is 3.76. The molecule has 3 aliphatic rings. The number of carbonyl (C=O) groups is 3. The Morgan fingerprint density at radius 2 is 1.06 bits per heavy atom. The molecule has 3 fully saturated rings. The van der Waals surface area contributed by atoms with E-state index in [1.807, 2.05) is 53.4 Å². The average molecular weight is 713 g/mol. The number of carbonyl (C=O) groups excluding carboxylic acids is 3. The number of benzene rings is 3. The van der Waals surface area contributed by atoms with Crippen LogP contribution in [-0.4, -0.2) is 87.2 Å². The summed E-state index contributed by atoms with van der Waals surface area (Å²) in [6, 6.07) is 23.3. The summed E-state index contributed by atoms with van der Waals surface area (Å²) in [6.45, 7) is 6.29. The lowest BCUT2D eigenvalue weighted by molar-refractivity contribution is -0.129. The van der Waals surface area contributed by atoms with Crippen LogP contribution in [0.25, 0.3) is 0 Å². The van der Waals surface area contributed by atoms with Gasteiger partial charge in [0.05, 0.1) is 0 Å². The monoisotopic (exact) mass is 711 g/mol. The fraction of sp³-hybridized carbons (Fsp3) is 0.447. The van der Waals surface area contributed by atoms with E-state index in [9.17, 15) is 14.4 Å². The Labute approximate surface area is 299 Å². The molecule has 3 aromatic rings. The number of rotatable bonds is 10. The number of amides is 3. The van der Waals surface area contributed by atoms with Crippen molar-refractivity contribution in [3.8, 4) is 0 Å². The van der Waals surface area contributed by atoms with Crippen LogP contribution in [0.1, 0.15) is 47.9 Å². The number of aliphatic hydroxyl groups is 3. The van der Waals surface area contributed by atoms with Crippen LogP contribution in [0.3, 0.4) is 0 Å². The van der Waals surface area contributed by atoms with Crippen molar-refractivity contribution in [2.45, 2.75) is 52.2 Å². The molecule has 49 heavy (non-hydrogen) atoms. The van der Waals surface area contributed by atoms with Gasteiger partial charge >= 0.3 is 0 Å². The molecule has 11 heteroatoms. The highest BCUT2D eigenvalue weighted by Crippen LogP contribution is 2.24. The van der Waals surface area contributed by atoms with Gasteiger partial charge in [-0.3, -0.25) is 14.4 Å². The van der Waals surface area contributed by atoms with Crippen LogP contribution >= 0.6 is 23.2 Å². The zero-order valence-corrected chi connectivity index (χ0v) is 29.5. The molecule has 0 aromatic heterocycles. The topological polar surface area (TPSA) is 122 Å². The summed E-state index contributed by atoms with van der Waals surface area (Å²) in [5, 5.41) is 28.3. The maximum atomic E-state index is 11.8. The molecule has 264 valence electrons. The number of halogens is 2. The quantitative estimate of drug-likeness (QED) is 0.270. The van der Waals surface area contributed by atoms with Crippen molar-refractivity contribution in [1.82, 2.24) is 14.7 Å². The van der Waals surface area contributed by atoms with Crippen molar-refractivity contribution in [3.63, 3.8) is 0 Å². The van der Waals surface area contributed by atoms with Crippen molar-refractivity contribution in [2.24, 2.45) is 17.8 Å². The molecule has 0 aliphatic carbocycles. The molecule has 6 rings (SSSR count). The predicted octanol–water partition coefficient (Wildman–Crippen LogP) is 5.09. The first-order valence-corrected chi connectivity index (χ1v) is 17.5. The van der Waals surface area contributed by atoms with E-state index in [1.54, 1.807) is 9.80 Å². The highest BCUT2D eigenvalue weighted by atomic mass is 35.5. The van der Waals surface area contributed by atoms with Gasteiger partial charge in [0.25, 0.3) is 0 Å². The van der Waals surface area contributed by atoms with Crippen LogP contribution in [0.4, 0.5) is 0 Å². The number of hydrogen-bond donors (Lipinski definition) is 3. The molecule has 3 saturated heterocycles. The van der Waals surface area contributed by atoms with Gasteiger partial charge in [0, 0.05) is 100 Å². The van der Waals surface area contributed by atoms with Crippen LogP contribution < -0.4 is 0 Å². The Kier molecular flexibility index (Phi) is 14.9. The van der Waals surface area contributed by atoms with Crippen molar-refractivity contribution < 1.29 is 29.7 Å². The first kappa shape index (κ1) is 38.3. The first-order chi connectivity index (χ1) is 23.6. The second-order valence-corrected chi connectivity index (χ2v) is 14.0. The van der Waals surface area contributed by atoms with E-state index in [0.717, 1.165) is 24.1 Å². The lowest BCUT2D eigenvalue weighted by atomic mass is 10.1. The van der Waals surface area contributed by atoms with Gasteiger partial charge < -0.3 is 30.0 Å². The van der Waals surface area contributed by atoms with Crippen molar-refractivity contribution in [1.29, 1.82) is 0 Å². The normalized spacial score (nSPS) is 20.3. The third kappa shape index (κ3) is 11.8. The molecule has 9 nitrogen and oxygen atoms in total. The minimum Gasteiger partial charge on any atom is -0.396 e. The summed E-state index contributed by atoms with van der Waals surface area (Å²) in [5.74, 6) is 0.935. The SMILES string of the molecule is Cc1ccc(CN2CC(CCO)CC2=O)cc1.O=C1CC(CO)CN1Cc1ccc(Cl)cc1.O=C1CC(CO)CN1Cc1ccccc1Cl. The fourth-order valence-electron chi connectivity index (χ4n) is 6.20. The molecule has 3 amide bonds. The summed E-state index contributed by atoms with van der Waals surface area (Å²) in [7, 11) is 0. The van der Waals surface area contributed by atoms with E-state index in [2.05, 4.69) is 31.2 Å².